The normalized spacial score (nSPS) is 11.2. The molecule has 0 bridgehead atoms. The fourth-order valence-electron chi connectivity index (χ4n) is 4.22. The van der Waals surface area contributed by atoms with Gasteiger partial charge in [0.25, 0.3) is 0 Å². The molecule has 4 aromatic carbocycles. The number of hydrogen-bond acceptors (Lipinski definition) is 9. The standard InChI is InChI=1S/C33H29NO10/c35-27-17-25(31(39)42-18-21-10-4-1-5-11-21)24(28(29(27)36)32(40)43-19-22-12-6-2-7-13-22)16-26(30(37)38)34-33(41)44-20-23-14-8-3-9-15-23/h1-15,17,26,35-36H,16,18-20H2,(H,34,41)(H,37,38). The highest BCUT2D eigenvalue weighted by atomic mass is 16.6. The predicted molar refractivity (Wildman–Crippen MR) is 156 cm³/mol. The molecule has 11 nitrogen and oxygen atoms in total. The second-order valence-corrected chi connectivity index (χ2v) is 9.57. The van der Waals surface area contributed by atoms with E-state index in [1.54, 1.807) is 91.0 Å². The van der Waals surface area contributed by atoms with Crippen LogP contribution in [0.2, 0.25) is 0 Å². The van der Waals surface area contributed by atoms with E-state index in [0.717, 1.165) is 6.07 Å². The molecule has 1 atom stereocenters. The highest BCUT2D eigenvalue weighted by Crippen LogP contribution is 2.36. The highest BCUT2D eigenvalue weighted by Gasteiger charge is 2.32. The summed E-state index contributed by atoms with van der Waals surface area (Å²) in [6.45, 7) is -0.553. The van der Waals surface area contributed by atoms with Gasteiger partial charge in [0.2, 0.25) is 0 Å². The molecular formula is C33H29NO10. The van der Waals surface area contributed by atoms with Crippen LogP contribution in [0.5, 0.6) is 11.5 Å². The maximum Gasteiger partial charge on any atom is 0.408 e. The van der Waals surface area contributed by atoms with Gasteiger partial charge in [-0.3, -0.25) is 0 Å². The van der Waals surface area contributed by atoms with Gasteiger partial charge in [-0.05, 0) is 28.3 Å². The van der Waals surface area contributed by atoms with Gasteiger partial charge in [-0.2, -0.15) is 0 Å². The van der Waals surface area contributed by atoms with E-state index in [0.29, 0.717) is 16.7 Å². The Bertz CT molecular complexity index is 1610. The number of carboxylic acids is 1. The van der Waals surface area contributed by atoms with Crippen LogP contribution in [0.4, 0.5) is 4.79 Å². The first-order valence-corrected chi connectivity index (χ1v) is 13.4. The summed E-state index contributed by atoms with van der Waals surface area (Å²) in [5, 5.41) is 33.4. The van der Waals surface area contributed by atoms with E-state index >= 15 is 0 Å². The summed E-state index contributed by atoms with van der Waals surface area (Å²) in [6.07, 6.45) is -1.76. The molecule has 0 aliphatic heterocycles. The van der Waals surface area contributed by atoms with Crippen LogP contribution >= 0.6 is 0 Å². The quantitative estimate of drug-likeness (QED) is 0.101. The number of aromatic hydroxyl groups is 2. The van der Waals surface area contributed by atoms with Crippen LogP contribution in [0.15, 0.2) is 97.1 Å². The van der Waals surface area contributed by atoms with Crippen molar-refractivity contribution in [2.45, 2.75) is 32.3 Å². The van der Waals surface area contributed by atoms with Gasteiger partial charge in [-0.15, -0.1) is 0 Å². The highest BCUT2D eigenvalue weighted by molar-refractivity contribution is 6.01. The lowest BCUT2D eigenvalue weighted by Crippen LogP contribution is -2.43. The summed E-state index contributed by atoms with van der Waals surface area (Å²) in [7, 11) is 0. The zero-order valence-electron chi connectivity index (χ0n) is 23.3. The Kier molecular flexibility index (Phi) is 10.5. The topological polar surface area (TPSA) is 169 Å². The molecule has 0 spiro atoms. The summed E-state index contributed by atoms with van der Waals surface area (Å²) in [5.74, 6) is -5.47. The van der Waals surface area contributed by atoms with Gasteiger partial charge >= 0.3 is 24.0 Å². The molecule has 1 unspecified atom stereocenters. The van der Waals surface area contributed by atoms with E-state index in [4.69, 9.17) is 14.2 Å². The second kappa shape index (κ2) is 14.9. The van der Waals surface area contributed by atoms with Crippen molar-refractivity contribution in [1.29, 1.82) is 0 Å². The number of carbonyl (C=O) groups excluding carboxylic acids is 3. The second-order valence-electron chi connectivity index (χ2n) is 9.57. The van der Waals surface area contributed by atoms with Gasteiger partial charge in [0.05, 0.1) is 5.56 Å². The molecular weight excluding hydrogens is 570 g/mol. The van der Waals surface area contributed by atoms with Crippen molar-refractivity contribution in [2.24, 2.45) is 0 Å². The lowest BCUT2D eigenvalue weighted by Gasteiger charge is -2.20. The maximum absolute atomic E-state index is 13.3. The Hall–Kier alpha value is -5.84. The van der Waals surface area contributed by atoms with Crippen LogP contribution < -0.4 is 5.32 Å². The average Bonchev–Trinajstić information content (AvgIpc) is 3.04. The van der Waals surface area contributed by atoms with Crippen molar-refractivity contribution in [3.05, 3.63) is 130 Å². The van der Waals surface area contributed by atoms with E-state index in [2.05, 4.69) is 5.32 Å². The number of carboxylic acid groups (broad SMARTS) is 1. The Morgan fingerprint density at radius 1 is 0.659 bits per heavy atom. The largest absolute Gasteiger partial charge is 0.504 e. The fourth-order valence-corrected chi connectivity index (χ4v) is 4.22. The van der Waals surface area contributed by atoms with Crippen LogP contribution in [0.3, 0.4) is 0 Å². The van der Waals surface area contributed by atoms with Crippen molar-refractivity contribution in [1.82, 2.24) is 5.32 Å². The molecule has 11 heteroatoms. The molecule has 0 aliphatic rings. The van der Waals surface area contributed by atoms with Crippen LogP contribution in [0, 0.1) is 0 Å². The summed E-state index contributed by atoms with van der Waals surface area (Å²) in [5.41, 5.74) is 0.513. The van der Waals surface area contributed by atoms with Gasteiger partial charge in [-0.1, -0.05) is 91.0 Å². The number of phenols is 2. The SMILES string of the molecule is O=C(NC(Cc1c(C(=O)OCc2ccccc2)cc(O)c(O)c1C(=O)OCc1ccccc1)C(=O)O)OCc1ccccc1. The number of aliphatic carboxylic acids is 1. The lowest BCUT2D eigenvalue weighted by atomic mass is 9.93. The minimum absolute atomic E-state index is 0.146. The van der Waals surface area contributed by atoms with E-state index in [1.165, 1.54) is 0 Å². The molecule has 0 radical (unpaired) electrons. The number of amides is 1. The summed E-state index contributed by atoms with van der Waals surface area (Å²) >= 11 is 0. The number of esters is 2. The van der Waals surface area contributed by atoms with Gasteiger partial charge in [0.1, 0.15) is 31.4 Å². The van der Waals surface area contributed by atoms with Crippen LogP contribution in [-0.2, 0) is 45.2 Å². The zero-order chi connectivity index (χ0) is 31.5. The Balaban J connectivity index is 1.64. The van der Waals surface area contributed by atoms with Crippen molar-refractivity contribution in [3.8, 4) is 11.5 Å². The van der Waals surface area contributed by atoms with Gasteiger partial charge in [0.15, 0.2) is 11.5 Å². The Morgan fingerprint density at radius 2 is 1.11 bits per heavy atom. The molecule has 4 aromatic rings. The van der Waals surface area contributed by atoms with Crippen molar-refractivity contribution in [2.75, 3.05) is 0 Å². The van der Waals surface area contributed by atoms with Crippen molar-refractivity contribution >= 4 is 24.0 Å². The first-order valence-electron chi connectivity index (χ1n) is 13.4. The van der Waals surface area contributed by atoms with Crippen LogP contribution in [0.1, 0.15) is 43.0 Å². The number of benzene rings is 4. The first-order chi connectivity index (χ1) is 21.2. The number of phenolic OH excluding ortho intramolecular Hbond substituents is 2. The third-order valence-corrected chi connectivity index (χ3v) is 6.45. The molecule has 44 heavy (non-hydrogen) atoms. The fraction of sp³-hybridized carbons (Fsp3) is 0.152. The summed E-state index contributed by atoms with van der Waals surface area (Å²) in [6, 6.07) is 25.1. The molecule has 0 aromatic heterocycles. The monoisotopic (exact) mass is 599 g/mol. The Labute approximate surface area is 252 Å². The molecule has 4 N–H and O–H groups in total. The first kappa shape index (κ1) is 31.1. The van der Waals surface area contributed by atoms with Gasteiger partial charge in [-0.25, -0.2) is 19.2 Å². The lowest BCUT2D eigenvalue weighted by molar-refractivity contribution is -0.139. The van der Waals surface area contributed by atoms with E-state index < -0.39 is 59.1 Å². The van der Waals surface area contributed by atoms with E-state index in [9.17, 15) is 34.5 Å². The van der Waals surface area contributed by atoms with Gasteiger partial charge < -0.3 is 34.8 Å². The van der Waals surface area contributed by atoms with Crippen LogP contribution in [-0.4, -0.2) is 45.4 Å². The molecule has 0 aliphatic carbocycles. The van der Waals surface area contributed by atoms with Crippen molar-refractivity contribution in [3.63, 3.8) is 0 Å². The van der Waals surface area contributed by atoms with Crippen molar-refractivity contribution < 1.29 is 48.7 Å². The predicted octanol–water partition coefficient (Wildman–Crippen LogP) is 4.73. The smallest absolute Gasteiger partial charge is 0.408 e. The number of ether oxygens (including phenoxy) is 3. The number of rotatable bonds is 12. The van der Waals surface area contributed by atoms with Crippen LogP contribution in [0.25, 0.3) is 0 Å². The summed E-state index contributed by atoms with van der Waals surface area (Å²) in [4.78, 5) is 51.3. The minimum atomic E-state index is -1.73. The number of nitrogens with one attached hydrogen (secondary N) is 1. The molecule has 4 rings (SSSR count). The molecule has 226 valence electrons. The summed E-state index contributed by atoms with van der Waals surface area (Å²) < 4.78 is 15.9. The van der Waals surface area contributed by atoms with Gasteiger partial charge in [0, 0.05) is 6.42 Å². The minimum Gasteiger partial charge on any atom is -0.504 e. The molecule has 0 saturated heterocycles. The third kappa shape index (κ3) is 8.35. The number of alkyl carbamates (subject to hydrolysis) is 1. The number of carbonyl (C=O) groups is 4. The number of hydrogen-bond donors (Lipinski definition) is 4. The molecule has 1 amide bonds. The average molecular weight is 600 g/mol. The van der Waals surface area contributed by atoms with E-state index in [1.807, 2.05) is 0 Å². The maximum atomic E-state index is 13.3. The Morgan fingerprint density at radius 3 is 1.59 bits per heavy atom. The zero-order valence-corrected chi connectivity index (χ0v) is 23.3. The molecule has 0 fully saturated rings. The van der Waals surface area contributed by atoms with E-state index in [-0.39, 0.29) is 25.4 Å². The molecule has 0 heterocycles. The third-order valence-electron chi connectivity index (χ3n) is 6.45. The molecule has 0 saturated carbocycles.